The molecule has 0 fully saturated rings. The zero-order chi connectivity index (χ0) is 43.6. The van der Waals surface area contributed by atoms with Crippen LogP contribution >= 0.6 is 27.3 Å². The number of hydrogen-bond donors (Lipinski definition) is 0. The summed E-state index contributed by atoms with van der Waals surface area (Å²) in [5, 5.41) is 7.42. The fraction of sp³-hybridized carbons (Fsp3) is 0.154. The largest absolute Gasteiger partial charge is 0.456 e. The number of rotatable bonds is 5. The van der Waals surface area contributed by atoms with Crippen molar-refractivity contribution in [1.82, 2.24) is 4.57 Å². The molecule has 10 aromatic rings. The highest BCUT2D eigenvalue weighted by Crippen LogP contribution is 2.47. The molecular formula is C52H43BrN2OS. The lowest BCUT2D eigenvalue weighted by molar-refractivity contribution is 0.590. The topological polar surface area (TPSA) is 21.3 Å². The summed E-state index contributed by atoms with van der Waals surface area (Å²) >= 11 is 5.61. The number of aromatic nitrogens is 1. The number of hydrogen-bond acceptors (Lipinski definition) is 3. The molecule has 0 atom stereocenters. The van der Waals surface area contributed by atoms with Crippen molar-refractivity contribution < 1.29 is 11.3 Å². The predicted molar refractivity (Wildman–Crippen MR) is 249 cm³/mol. The molecule has 0 aliphatic rings. The molecule has 0 unspecified atom stereocenters. The molecule has 3 heterocycles. The molecule has 3 aromatic heterocycles. The van der Waals surface area contributed by atoms with Gasteiger partial charge >= 0.3 is 0 Å². The van der Waals surface area contributed by atoms with Crippen molar-refractivity contribution >= 4 is 98.2 Å². The third-order valence-corrected chi connectivity index (χ3v) is 12.7. The number of fused-ring (bicyclic) bond motifs is 7. The van der Waals surface area contributed by atoms with Crippen molar-refractivity contribution in [1.29, 1.82) is 0 Å². The zero-order valence-electron chi connectivity index (χ0n) is 37.6. The van der Waals surface area contributed by atoms with E-state index in [4.69, 9.17) is 8.53 Å². The van der Waals surface area contributed by atoms with E-state index in [9.17, 15) is 2.74 Å². The van der Waals surface area contributed by atoms with Gasteiger partial charge in [-0.1, -0.05) is 120 Å². The van der Waals surface area contributed by atoms with Crippen molar-refractivity contribution in [3.05, 3.63) is 166 Å². The van der Waals surface area contributed by atoms with E-state index in [1.807, 2.05) is 42.5 Å². The van der Waals surface area contributed by atoms with Crippen LogP contribution in [-0.4, -0.2) is 4.57 Å². The summed E-state index contributed by atoms with van der Waals surface area (Å²) in [5.41, 5.74) is 9.70. The van der Waals surface area contributed by atoms with Crippen LogP contribution in [0.2, 0.25) is 0 Å². The van der Waals surface area contributed by atoms with Crippen molar-refractivity contribution in [2.45, 2.75) is 52.4 Å². The molecule has 10 rings (SSSR count). The third-order valence-electron chi connectivity index (χ3n) is 11.1. The Labute approximate surface area is 352 Å². The normalized spacial score (nSPS) is 13.7. The van der Waals surface area contributed by atoms with Gasteiger partial charge in [0.05, 0.1) is 23.6 Å². The lowest BCUT2D eigenvalue weighted by Gasteiger charge is -2.28. The van der Waals surface area contributed by atoms with Crippen LogP contribution in [-0.2, 0) is 10.8 Å². The van der Waals surface area contributed by atoms with Crippen LogP contribution in [0.5, 0.6) is 0 Å². The minimum absolute atomic E-state index is 0.0662. The average molecular weight is 829 g/mol. The summed E-state index contributed by atoms with van der Waals surface area (Å²) < 4.78 is 55.0. The molecule has 0 N–H and O–H groups in total. The first kappa shape index (κ1) is 30.5. The fourth-order valence-corrected chi connectivity index (χ4v) is 9.55. The van der Waals surface area contributed by atoms with E-state index in [1.165, 1.54) is 11.1 Å². The summed E-state index contributed by atoms with van der Waals surface area (Å²) in [5.74, 6) is 0. The van der Waals surface area contributed by atoms with Crippen molar-refractivity contribution in [2.75, 3.05) is 4.90 Å². The predicted octanol–water partition coefficient (Wildman–Crippen LogP) is 16.4. The first-order valence-electron chi connectivity index (χ1n) is 21.7. The monoisotopic (exact) mass is 827 g/mol. The van der Waals surface area contributed by atoms with Gasteiger partial charge in [0, 0.05) is 64.6 Å². The van der Waals surface area contributed by atoms with Gasteiger partial charge in [-0.05, 0) is 110 Å². The molecule has 57 heavy (non-hydrogen) atoms. The Morgan fingerprint density at radius 3 is 2.12 bits per heavy atom. The van der Waals surface area contributed by atoms with Gasteiger partial charge < -0.3 is 13.9 Å². The molecule has 0 radical (unpaired) electrons. The van der Waals surface area contributed by atoms with E-state index in [2.05, 4.69) is 145 Å². The molecule has 0 aliphatic heterocycles. The number of furan rings is 1. The molecule has 0 saturated carbocycles. The van der Waals surface area contributed by atoms with E-state index < -0.39 is 6.04 Å². The van der Waals surface area contributed by atoms with Crippen LogP contribution < -0.4 is 4.90 Å². The van der Waals surface area contributed by atoms with Gasteiger partial charge in [-0.25, -0.2) is 0 Å². The number of halogens is 1. The van der Waals surface area contributed by atoms with Crippen LogP contribution in [0.15, 0.2) is 160 Å². The van der Waals surface area contributed by atoms with Crippen molar-refractivity contribution in [2.24, 2.45) is 0 Å². The Bertz CT molecular complexity index is 3430. The number of nitrogens with zero attached hydrogens (tertiary/aromatic N) is 2. The first-order chi connectivity index (χ1) is 29.5. The quantitative estimate of drug-likeness (QED) is 0.172. The summed E-state index contributed by atoms with van der Waals surface area (Å²) in [6.45, 7) is 13.3. The maximum Gasteiger partial charge on any atom is 0.137 e. The van der Waals surface area contributed by atoms with Crippen LogP contribution in [0.3, 0.4) is 0 Å². The van der Waals surface area contributed by atoms with Gasteiger partial charge in [0.2, 0.25) is 0 Å². The molecule has 0 spiro atoms. The summed E-state index contributed by atoms with van der Waals surface area (Å²) in [4.78, 5) is 2.25. The van der Waals surface area contributed by atoms with Crippen LogP contribution in [0.25, 0.3) is 70.6 Å². The second-order valence-corrected chi connectivity index (χ2v) is 18.7. The second kappa shape index (κ2) is 13.2. The highest BCUT2D eigenvalue weighted by molar-refractivity contribution is 9.10. The third kappa shape index (κ3) is 6.07. The molecule has 0 bridgehead atoms. The van der Waals surface area contributed by atoms with Gasteiger partial charge in [-0.3, -0.25) is 0 Å². The molecule has 7 aromatic carbocycles. The zero-order valence-corrected chi connectivity index (χ0v) is 35.0. The maximum atomic E-state index is 9.20. The highest BCUT2D eigenvalue weighted by atomic mass is 79.9. The molecule has 0 amide bonds. The standard InChI is InChI=1S/C52H43BrN2OS/c1-51(2,3)34-19-22-36(23-20-34)54(46-31-57-49-24-21-35(27-43(46)49)52(4,5)6)37-25-33(32-13-8-7-9-14-32)26-38(28-37)55-45-30-48-42(39-15-10-11-18-47(39)56-48)29-41(45)40-16-12-17-44(53)50(40)55/h7-31H,1-6H3/i7D,8D,9D,13D,14D. The number of anilines is 3. The van der Waals surface area contributed by atoms with Crippen molar-refractivity contribution in [3.63, 3.8) is 0 Å². The molecule has 3 nitrogen and oxygen atoms in total. The minimum Gasteiger partial charge on any atom is -0.456 e. The summed E-state index contributed by atoms with van der Waals surface area (Å²) in [6.07, 6.45) is 0. The molecule has 0 saturated heterocycles. The van der Waals surface area contributed by atoms with E-state index in [-0.39, 0.29) is 40.6 Å². The Kier molecular flexibility index (Phi) is 7.08. The van der Waals surface area contributed by atoms with Gasteiger partial charge in [0.15, 0.2) is 0 Å². The molecule has 5 heteroatoms. The van der Waals surface area contributed by atoms with Crippen LogP contribution in [0, 0.1) is 0 Å². The fourth-order valence-electron chi connectivity index (χ4n) is 8.10. The lowest BCUT2D eigenvalue weighted by atomic mass is 9.86. The van der Waals surface area contributed by atoms with E-state index in [0.717, 1.165) is 81.1 Å². The SMILES string of the molecule is [2H]c1c([2H])c([2H])c(-c2cc(N(c3ccc(C(C)(C)C)cc3)c3csc4ccc(C(C)(C)C)cc34)cc(-n3c4cc5oc6ccccc6c5cc4c4cccc(Br)c43)c2)c([2H])c1[2H]. The Morgan fingerprint density at radius 2 is 1.35 bits per heavy atom. The van der Waals surface area contributed by atoms with Crippen molar-refractivity contribution in [3.8, 4) is 16.8 Å². The summed E-state index contributed by atoms with van der Waals surface area (Å²) in [7, 11) is 0. The second-order valence-electron chi connectivity index (χ2n) is 16.9. The van der Waals surface area contributed by atoms with Crippen LogP contribution in [0.1, 0.15) is 59.5 Å². The van der Waals surface area contributed by atoms with Gasteiger partial charge in [0.25, 0.3) is 0 Å². The van der Waals surface area contributed by atoms with E-state index in [0.29, 0.717) is 5.56 Å². The van der Waals surface area contributed by atoms with Gasteiger partial charge in [-0.15, -0.1) is 11.3 Å². The number of para-hydroxylation sites is 2. The smallest absolute Gasteiger partial charge is 0.137 e. The minimum atomic E-state index is -0.429. The Morgan fingerprint density at radius 1 is 0.614 bits per heavy atom. The molecular weight excluding hydrogens is 781 g/mol. The first-order valence-corrected chi connectivity index (χ1v) is 20.9. The highest BCUT2D eigenvalue weighted by Gasteiger charge is 2.24. The Hall–Kier alpha value is -5.62. The number of benzene rings is 7. The van der Waals surface area contributed by atoms with E-state index >= 15 is 0 Å². The average Bonchev–Trinajstić information content (AvgIpc) is 3.93. The van der Waals surface area contributed by atoms with E-state index in [1.54, 1.807) is 11.3 Å². The van der Waals surface area contributed by atoms with Gasteiger partial charge in [0.1, 0.15) is 11.2 Å². The van der Waals surface area contributed by atoms with Gasteiger partial charge in [-0.2, -0.15) is 0 Å². The lowest BCUT2D eigenvalue weighted by Crippen LogP contribution is -2.14. The molecule has 0 aliphatic carbocycles. The Balaban J connectivity index is 1.34. The maximum absolute atomic E-state index is 9.20. The van der Waals surface area contributed by atoms with Crippen LogP contribution in [0.4, 0.5) is 17.1 Å². The summed E-state index contributed by atoms with van der Waals surface area (Å²) in [6, 6.07) is 38.3. The molecule has 280 valence electrons. The number of thiophene rings is 1.